The van der Waals surface area contributed by atoms with Crippen LogP contribution in [0.4, 0.5) is 0 Å². The molecule has 3 aromatic rings. The molecule has 0 unspecified atom stereocenters. The number of amides is 1. The van der Waals surface area contributed by atoms with Gasteiger partial charge in [-0.1, -0.05) is 13.0 Å². The number of hydrogen-bond acceptors (Lipinski definition) is 3. The van der Waals surface area contributed by atoms with Crippen LogP contribution in [0.1, 0.15) is 39.8 Å². The molecule has 0 radical (unpaired) electrons. The molecule has 5 heteroatoms. The third kappa shape index (κ3) is 2.99. The van der Waals surface area contributed by atoms with Crippen LogP contribution in [0.5, 0.6) is 0 Å². The third-order valence-corrected chi connectivity index (χ3v) is 4.23. The average Bonchev–Trinajstić information content (AvgIpc) is 3.11. The zero-order valence-electron chi connectivity index (χ0n) is 13.7. The Morgan fingerprint density at radius 3 is 2.87 bits per heavy atom. The highest BCUT2D eigenvalue weighted by molar-refractivity contribution is 6.06. The van der Waals surface area contributed by atoms with E-state index in [4.69, 9.17) is 4.42 Å². The van der Waals surface area contributed by atoms with Crippen LogP contribution in [0.2, 0.25) is 0 Å². The summed E-state index contributed by atoms with van der Waals surface area (Å²) in [5.41, 5.74) is 5.73. The van der Waals surface area contributed by atoms with Crippen LogP contribution in [-0.2, 0) is 12.8 Å². The molecule has 5 nitrogen and oxygen atoms in total. The topological polar surface area (TPSA) is 70.9 Å². The largest absolute Gasteiger partial charge is 0.463 e. The van der Waals surface area contributed by atoms with E-state index < -0.39 is 0 Å². The van der Waals surface area contributed by atoms with Crippen molar-refractivity contribution in [3.05, 3.63) is 52.5 Å². The molecule has 3 rings (SSSR count). The fourth-order valence-corrected chi connectivity index (χ4v) is 2.81. The first-order chi connectivity index (χ1) is 11.1. The Hall–Kier alpha value is -2.56. The second kappa shape index (κ2) is 6.28. The normalized spacial score (nSPS) is 11.1. The van der Waals surface area contributed by atoms with Gasteiger partial charge in [0.2, 0.25) is 0 Å². The molecule has 23 heavy (non-hydrogen) atoms. The predicted octanol–water partition coefficient (Wildman–Crippen LogP) is 3.31. The summed E-state index contributed by atoms with van der Waals surface area (Å²) in [6, 6.07) is 5.97. The summed E-state index contributed by atoms with van der Waals surface area (Å²) >= 11 is 0. The lowest BCUT2D eigenvalue weighted by Gasteiger charge is -2.05. The van der Waals surface area contributed by atoms with Gasteiger partial charge in [-0.15, -0.1) is 0 Å². The van der Waals surface area contributed by atoms with E-state index in [1.54, 1.807) is 0 Å². The number of benzene rings is 1. The van der Waals surface area contributed by atoms with Crippen LogP contribution in [0.15, 0.2) is 28.9 Å². The number of aromatic amines is 1. The van der Waals surface area contributed by atoms with E-state index in [0.29, 0.717) is 12.1 Å². The molecule has 0 aliphatic rings. The molecule has 0 spiro atoms. The summed E-state index contributed by atoms with van der Waals surface area (Å²) < 4.78 is 5.48. The molecule has 2 heterocycles. The van der Waals surface area contributed by atoms with E-state index in [2.05, 4.69) is 22.4 Å². The van der Waals surface area contributed by atoms with Crippen LogP contribution in [0.3, 0.4) is 0 Å². The lowest BCUT2D eigenvalue weighted by atomic mass is 10.1. The number of rotatable bonds is 5. The van der Waals surface area contributed by atoms with E-state index in [-0.39, 0.29) is 5.91 Å². The van der Waals surface area contributed by atoms with Gasteiger partial charge in [-0.05, 0) is 49.9 Å². The number of fused-ring (bicyclic) bond motifs is 1. The predicted molar refractivity (Wildman–Crippen MR) is 89.7 cm³/mol. The molecule has 0 aliphatic carbocycles. The van der Waals surface area contributed by atoms with Crippen molar-refractivity contribution >= 4 is 16.9 Å². The van der Waals surface area contributed by atoms with Crippen molar-refractivity contribution in [3.63, 3.8) is 0 Å². The van der Waals surface area contributed by atoms with Crippen molar-refractivity contribution in [2.45, 2.75) is 33.6 Å². The first-order valence-electron chi connectivity index (χ1n) is 7.89. The highest BCUT2D eigenvalue weighted by atomic mass is 16.3. The first-order valence-corrected chi connectivity index (χ1v) is 7.89. The maximum Gasteiger partial charge on any atom is 0.255 e. The Bertz CT molecular complexity index is 826. The number of carbonyl (C=O) groups excluding carboxylic acids is 1. The van der Waals surface area contributed by atoms with Gasteiger partial charge >= 0.3 is 0 Å². The quantitative estimate of drug-likeness (QED) is 0.759. The second-order valence-electron chi connectivity index (χ2n) is 5.75. The van der Waals surface area contributed by atoms with E-state index in [1.165, 1.54) is 11.8 Å². The van der Waals surface area contributed by atoms with Gasteiger partial charge < -0.3 is 9.73 Å². The number of carbonyl (C=O) groups is 1. The van der Waals surface area contributed by atoms with Crippen molar-refractivity contribution in [1.29, 1.82) is 0 Å². The van der Waals surface area contributed by atoms with E-state index in [9.17, 15) is 4.79 Å². The van der Waals surface area contributed by atoms with Gasteiger partial charge in [-0.2, -0.15) is 5.10 Å². The average molecular weight is 311 g/mol. The zero-order valence-corrected chi connectivity index (χ0v) is 13.7. The number of aromatic nitrogens is 2. The molecule has 2 N–H and O–H groups in total. The van der Waals surface area contributed by atoms with Gasteiger partial charge in [0.15, 0.2) is 0 Å². The van der Waals surface area contributed by atoms with Crippen molar-refractivity contribution in [3.8, 4) is 0 Å². The second-order valence-corrected chi connectivity index (χ2v) is 5.75. The van der Waals surface area contributed by atoms with Gasteiger partial charge in [0.05, 0.1) is 11.3 Å². The maximum atomic E-state index is 12.4. The molecule has 120 valence electrons. The first kappa shape index (κ1) is 15.3. The Morgan fingerprint density at radius 1 is 1.35 bits per heavy atom. The van der Waals surface area contributed by atoms with E-state index >= 15 is 0 Å². The highest BCUT2D eigenvalue weighted by Gasteiger charge is 2.14. The molecule has 0 bridgehead atoms. The minimum Gasteiger partial charge on any atom is -0.463 e. The minimum atomic E-state index is -0.101. The fourth-order valence-electron chi connectivity index (χ4n) is 2.81. The lowest BCUT2D eigenvalue weighted by molar-refractivity contribution is 0.0955. The molecule has 0 atom stereocenters. The van der Waals surface area contributed by atoms with Gasteiger partial charge in [0.1, 0.15) is 11.8 Å². The Balaban J connectivity index is 1.71. The number of nitrogens with one attached hydrogen (secondary N) is 2. The molecular weight excluding hydrogens is 290 g/mol. The van der Waals surface area contributed by atoms with Gasteiger partial charge in [0.25, 0.3) is 5.91 Å². The smallest absolute Gasteiger partial charge is 0.255 e. The van der Waals surface area contributed by atoms with Crippen LogP contribution in [-0.4, -0.2) is 22.6 Å². The summed E-state index contributed by atoms with van der Waals surface area (Å²) in [5, 5.41) is 11.0. The van der Waals surface area contributed by atoms with Crippen molar-refractivity contribution < 1.29 is 9.21 Å². The Kier molecular flexibility index (Phi) is 4.19. The van der Waals surface area contributed by atoms with Crippen molar-refractivity contribution in [1.82, 2.24) is 15.5 Å². The molecule has 0 fully saturated rings. The van der Waals surface area contributed by atoms with Crippen molar-refractivity contribution in [2.75, 3.05) is 6.54 Å². The highest BCUT2D eigenvalue weighted by Crippen LogP contribution is 2.23. The van der Waals surface area contributed by atoms with Crippen LogP contribution >= 0.6 is 0 Å². The summed E-state index contributed by atoms with van der Waals surface area (Å²) in [5.74, 6) is -0.101. The number of hydrogen-bond donors (Lipinski definition) is 2. The van der Waals surface area contributed by atoms with Crippen LogP contribution in [0.25, 0.3) is 11.0 Å². The standard InChI is InChI=1S/C18H21N3O2/c1-4-13-5-6-17-15(9-13)16(10-23-17)18(22)19-8-7-14-11(2)20-21-12(14)3/h5-6,9-10H,4,7-8H2,1-3H3,(H,19,22)(H,20,21). The molecule has 0 saturated carbocycles. The molecule has 0 saturated heterocycles. The molecule has 0 aliphatic heterocycles. The van der Waals surface area contributed by atoms with Crippen LogP contribution < -0.4 is 5.32 Å². The molecule has 2 aromatic heterocycles. The SMILES string of the molecule is CCc1ccc2occ(C(=O)NCCc3c(C)n[nH]c3C)c2c1. The number of nitrogens with zero attached hydrogens (tertiary/aromatic N) is 1. The van der Waals surface area contributed by atoms with E-state index in [0.717, 1.165) is 40.8 Å². The van der Waals surface area contributed by atoms with Gasteiger partial charge in [0, 0.05) is 17.6 Å². The van der Waals surface area contributed by atoms with Gasteiger partial charge in [-0.25, -0.2) is 0 Å². The molecule has 1 aromatic carbocycles. The number of furan rings is 1. The zero-order chi connectivity index (χ0) is 16.4. The monoisotopic (exact) mass is 311 g/mol. The minimum absolute atomic E-state index is 0.101. The maximum absolute atomic E-state index is 12.4. The summed E-state index contributed by atoms with van der Waals surface area (Å²) in [4.78, 5) is 12.4. The van der Waals surface area contributed by atoms with Gasteiger partial charge in [-0.3, -0.25) is 9.89 Å². The lowest BCUT2D eigenvalue weighted by Crippen LogP contribution is -2.25. The number of H-pyrrole nitrogens is 1. The Morgan fingerprint density at radius 2 is 2.17 bits per heavy atom. The summed E-state index contributed by atoms with van der Waals surface area (Å²) in [7, 11) is 0. The molecular formula is C18H21N3O2. The fraction of sp³-hybridized carbons (Fsp3) is 0.333. The molecule has 1 amide bonds. The van der Waals surface area contributed by atoms with Crippen molar-refractivity contribution in [2.24, 2.45) is 0 Å². The summed E-state index contributed by atoms with van der Waals surface area (Å²) in [6.45, 7) is 6.63. The van der Waals surface area contributed by atoms with Crippen LogP contribution in [0, 0.1) is 13.8 Å². The number of aryl methyl sites for hydroxylation is 3. The third-order valence-electron chi connectivity index (χ3n) is 4.23. The Labute approximate surface area is 135 Å². The summed E-state index contributed by atoms with van der Waals surface area (Å²) in [6.07, 6.45) is 3.23. The van der Waals surface area contributed by atoms with E-state index in [1.807, 2.05) is 32.0 Å².